The van der Waals surface area contributed by atoms with E-state index < -0.39 is 5.82 Å². The summed E-state index contributed by atoms with van der Waals surface area (Å²) < 4.78 is 19.7. The molecule has 0 unspecified atom stereocenters. The van der Waals surface area contributed by atoms with E-state index in [0.29, 0.717) is 23.9 Å². The Hall–Kier alpha value is -2.70. The van der Waals surface area contributed by atoms with E-state index in [1.54, 1.807) is 6.07 Å². The third-order valence-corrected chi connectivity index (χ3v) is 6.17. The van der Waals surface area contributed by atoms with Crippen molar-refractivity contribution in [1.29, 1.82) is 0 Å². The molecular weight excluding hydrogens is 417 g/mol. The van der Waals surface area contributed by atoms with Crippen LogP contribution in [0, 0.1) is 18.7 Å². The Morgan fingerprint density at radius 2 is 2.06 bits per heavy atom. The molecule has 5 nitrogen and oxygen atoms in total. The van der Waals surface area contributed by atoms with Gasteiger partial charge < -0.3 is 9.73 Å². The number of carbonyl (C=O) groups excluding carboxylic acids is 1. The highest BCUT2D eigenvalue weighted by atomic mass is 35.5. The van der Waals surface area contributed by atoms with Crippen LogP contribution in [0.4, 0.5) is 4.39 Å². The minimum Gasteiger partial charge on any atom is -0.441 e. The van der Waals surface area contributed by atoms with Crippen molar-refractivity contribution in [3.63, 3.8) is 0 Å². The highest BCUT2D eigenvalue weighted by Gasteiger charge is 2.33. The zero-order chi connectivity index (χ0) is 22.0. The van der Waals surface area contributed by atoms with Crippen LogP contribution < -0.4 is 5.32 Å². The maximum Gasteiger partial charge on any atom is 0.226 e. The first-order chi connectivity index (χ1) is 14.9. The number of nitrogens with one attached hydrogen (secondary N) is 1. The number of nitrogens with zero attached hydrogens (tertiary/aromatic N) is 2. The van der Waals surface area contributed by atoms with Gasteiger partial charge in [-0.25, -0.2) is 9.37 Å². The lowest BCUT2D eigenvalue weighted by atomic mass is 9.93. The molecule has 1 saturated heterocycles. The molecule has 4 rings (SSSR count). The highest BCUT2D eigenvalue weighted by Crippen LogP contribution is 2.36. The van der Waals surface area contributed by atoms with Crippen LogP contribution in [0.5, 0.6) is 0 Å². The van der Waals surface area contributed by atoms with Crippen LogP contribution in [0.25, 0.3) is 11.5 Å². The molecule has 7 heteroatoms. The molecule has 2 heterocycles. The van der Waals surface area contributed by atoms with Gasteiger partial charge in [0.25, 0.3) is 0 Å². The molecule has 0 aliphatic carbocycles. The first-order valence-electron chi connectivity index (χ1n) is 10.4. The van der Waals surface area contributed by atoms with Crippen LogP contribution in [0.15, 0.2) is 52.9 Å². The van der Waals surface area contributed by atoms with E-state index in [-0.39, 0.29) is 29.3 Å². The Kier molecular flexibility index (Phi) is 6.39. The van der Waals surface area contributed by atoms with Crippen LogP contribution in [-0.2, 0) is 11.2 Å². The molecule has 1 aliphatic heterocycles. The van der Waals surface area contributed by atoms with Crippen LogP contribution in [0.3, 0.4) is 0 Å². The van der Waals surface area contributed by atoms with Crippen LogP contribution in [-0.4, -0.2) is 35.9 Å². The van der Waals surface area contributed by atoms with E-state index in [9.17, 15) is 9.18 Å². The molecule has 0 bridgehead atoms. The van der Waals surface area contributed by atoms with Crippen molar-refractivity contribution < 1.29 is 13.6 Å². The lowest BCUT2D eigenvalue weighted by Gasteiger charge is -2.26. The average molecular weight is 442 g/mol. The van der Waals surface area contributed by atoms with E-state index in [1.807, 2.05) is 50.4 Å². The Labute approximate surface area is 186 Å². The maximum absolute atomic E-state index is 14.0. The van der Waals surface area contributed by atoms with Crippen molar-refractivity contribution in [1.82, 2.24) is 15.2 Å². The van der Waals surface area contributed by atoms with Gasteiger partial charge in [-0.2, -0.15) is 0 Å². The molecule has 31 heavy (non-hydrogen) atoms. The number of likely N-dealkylation sites (tertiary alicyclic amines) is 1. The third-order valence-electron chi connectivity index (χ3n) is 5.86. The highest BCUT2D eigenvalue weighted by molar-refractivity contribution is 6.30. The molecule has 3 aromatic rings. The fourth-order valence-corrected chi connectivity index (χ4v) is 4.34. The summed E-state index contributed by atoms with van der Waals surface area (Å²) in [5.41, 5.74) is 2.39. The maximum atomic E-state index is 14.0. The Balaban J connectivity index is 1.39. The second kappa shape index (κ2) is 9.20. The van der Waals surface area contributed by atoms with Gasteiger partial charge in [-0.15, -0.1) is 0 Å². The normalized spacial score (nSPS) is 19.0. The second-order valence-electron chi connectivity index (χ2n) is 8.02. The molecule has 1 aliphatic rings. The van der Waals surface area contributed by atoms with Gasteiger partial charge >= 0.3 is 0 Å². The van der Waals surface area contributed by atoms with Crippen LogP contribution in [0.2, 0.25) is 5.02 Å². The zero-order valence-electron chi connectivity index (χ0n) is 17.6. The summed E-state index contributed by atoms with van der Waals surface area (Å²) in [5, 5.41) is 3.15. The molecule has 0 spiro atoms. The number of hydrogen-bond donors (Lipinski definition) is 1. The summed E-state index contributed by atoms with van der Waals surface area (Å²) in [6.45, 7) is 3.22. The van der Waals surface area contributed by atoms with Gasteiger partial charge in [0.15, 0.2) is 0 Å². The number of hydrogen-bond acceptors (Lipinski definition) is 4. The van der Waals surface area contributed by atoms with Crippen molar-refractivity contribution in [3.8, 4) is 11.5 Å². The number of rotatable bonds is 6. The van der Waals surface area contributed by atoms with Gasteiger partial charge in [0.2, 0.25) is 11.8 Å². The first kappa shape index (κ1) is 21.5. The Bertz CT molecular complexity index is 1070. The van der Waals surface area contributed by atoms with E-state index >= 15 is 0 Å². The minimum atomic E-state index is -0.419. The molecule has 1 N–H and O–H groups in total. The molecule has 1 fully saturated rings. The first-order valence-corrected chi connectivity index (χ1v) is 10.7. The third kappa shape index (κ3) is 4.81. The summed E-state index contributed by atoms with van der Waals surface area (Å²) in [4.78, 5) is 19.3. The van der Waals surface area contributed by atoms with Gasteiger partial charge in [-0.3, -0.25) is 9.69 Å². The van der Waals surface area contributed by atoms with Crippen LogP contribution in [0.1, 0.15) is 29.5 Å². The van der Waals surface area contributed by atoms with Gasteiger partial charge in [-0.05, 0) is 62.7 Å². The molecule has 2 aromatic carbocycles. The van der Waals surface area contributed by atoms with Crippen molar-refractivity contribution in [2.24, 2.45) is 5.92 Å². The molecule has 1 amide bonds. The summed E-state index contributed by atoms with van der Waals surface area (Å²) in [6, 6.07) is 14.6. The summed E-state index contributed by atoms with van der Waals surface area (Å²) in [5.74, 6) is 0.824. The number of aryl methyl sites for hydroxylation is 1. The number of oxazole rings is 1. The van der Waals surface area contributed by atoms with Crippen molar-refractivity contribution >= 4 is 17.5 Å². The van der Waals surface area contributed by atoms with Gasteiger partial charge in [0, 0.05) is 18.2 Å². The topological polar surface area (TPSA) is 58.4 Å². The fraction of sp³-hybridized carbons (Fsp3) is 0.333. The van der Waals surface area contributed by atoms with E-state index in [0.717, 1.165) is 24.1 Å². The van der Waals surface area contributed by atoms with Gasteiger partial charge in [-0.1, -0.05) is 35.9 Å². The molecular formula is C24H25ClFN3O2. The van der Waals surface area contributed by atoms with E-state index in [4.69, 9.17) is 16.0 Å². The molecule has 1 aromatic heterocycles. The summed E-state index contributed by atoms with van der Waals surface area (Å²) in [6.07, 6.45) is 1.08. The fourth-order valence-electron chi connectivity index (χ4n) is 4.22. The molecule has 0 radical (unpaired) electrons. The summed E-state index contributed by atoms with van der Waals surface area (Å²) in [7, 11) is 2.02. The monoisotopic (exact) mass is 441 g/mol. The molecule has 162 valence electrons. The standard InChI is InChI=1S/C24H25ClFN3O2/c1-15-21(28-24(31-15)16-6-4-3-5-7-16)13-22(30)27-14-18-10-11-29(2)23(18)17-8-9-19(25)20(26)12-17/h3-9,12,18,23H,10-11,13-14H2,1-2H3,(H,27,30)/t18-,23+/m0/s1. The Morgan fingerprint density at radius 1 is 1.29 bits per heavy atom. The predicted molar refractivity (Wildman–Crippen MR) is 118 cm³/mol. The van der Waals surface area contributed by atoms with Crippen molar-refractivity contribution in [2.75, 3.05) is 20.1 Å². The lowest BCUT2D eigenvalue weighted by Crippen LogP contribution is -2.33. The summed E-state index contributed by atoms with van der Waals surface area (Å²) >= 11 is 5.83. The van der Waals surface area contributed by atoms with Crippen molar-refractivity contribution in [2.45, 2.75) is 25.8 Å². The predicted octanol–water partition coefficient (Wildman–Crippen LogP) is 4.79. The Morgan fingerprint density at radius 3 is 2.81 bits per heavy atom. The largest absolute Gasteiger partial charge is 0.441 e. The number of halogens is 2. The van der Waals surface area contributed by atoms with E-state index in [2.05, 4.69) is 15.2 Å². The SMILES string of the molecule is Cc1oc(-c2ccccc2)nc1CC(=O)NC[C@@H]1CCN(C)[C@@H]1c1ccc(Cl)c(F)c1. The quantitative estimate of drug-likeness (QED) is 0.597. The lowest BCUT2D eigenvalue weighted by molar-refractivity contribution is -0.120. The van der Waals surface area contributed by atoms with E-state index in [1.165, 1.54) is 6.07 Å². The number of carbonyl (C=O) groups is 1. The van der Waals surface area contributed by atoms with Crippen LogP contribution >= 0.6 is 11.6 Å². The number of amides is 1. The molecule has 0 saturated carbocycles. The number of benzene rings is 2. The zero-order valence-corrected chi connectivity index (χ0v) is 18.3. The van der Waals surface area contributed by atoms with Gasteiger partial charge in [0.1, 0.15) is 11.6 Å². The second-order valence-corrected chi connectivity index (χ2v) is 8.42. The van der Waals surface area contributed by atoms with Crippen molar-refractivity contribution in [3.05, 3.63) is 76.4 Å². The minimum absolute atomic E-state index is 0.0329. The van der Waals surface area contributed by atoms with Gasteiger partial charge in [0.05, 0.1) is 17.1 Å². The average Bonchev–Trinajstić information content (AvgIpc) is 3.31. The molecule has 2 atom stereocenters. The smallest absolute Gasteiger partial charge is 0.226 e. The number of aromatic nitrogens is 1.